The molecule has 0 aliphatic carbocycles. The minimum Gasteiger partial charge on any atom is -0.388 e. The number of hydrogen-bond acceptors (Lipinski definition) is 2. The molecule has 0 saturated carbocycles. The fraction of sp³-hybridized carbons (Fsp3) is 0.357. The van der Waals surface area contributed by atoms with Crippen molar-refractivity contribution in [3.05, 3.63) is 48.0 Å². The first kappa shape index (κ1) is 12.7. The molecule has 2 nitrogen and oxygen atoms in total. The van der Waals surface area contributed by atoms with Crippen molar-refractivity contribution in [3.8, 4) is 0 Å². The smallest absolute Gasteiger partial charge is 0.165 e. The lowest BCUT2D eigenvalue weighted by Crippen LogP contribution is -2.18. The summed E-state index contributed by atoms with van der Waals surface area (Å²) in [6.45, 7) is 7.71. The van der Waals surface area contributed by atoms with Crippen LogP contribution in [0, 0.1) is 5.92 Å². The number of Topliss-reactive ketones (excluding diaryl/α,β-unsaturated/α-hetero) is 1. The largest absolute Gasteiger partial charge is 0.388 e. The van der Waals surface area contributed by atoms with E-state index in [1.54, 1.807) is 12.1 Å². The van der Waals surface area contributed by atoms with E-state index in [0.717, 1.165) is 0 Å². The van der Waals surface area contributed by atoms with Gasteiger partial charge in [0.25, 0.3) is 0 Å². The van der Waals surface area contributed by atoms with Crippen molar-refractivity contribution in [2.45, 2.75) is 26.4 Å². The quantitative estimate of drug-likeness (QED) is 0.609. The van der Waals surface area contributed by atoms with Crippen molar-refractivity contribution in [1.29, 1.82) is 0 Å². The van der Waals surface area contributed by atoms with E-state index in [4.69, 9.17) is 0 Å². The molecule has 86 valence electrons. The van der Waals surface area contributed by atoms with Gasteiger partial charge in [-0.2, -0.15) is 0 Å². The highest BCUT2D eigenvalue weighted by atomic mass is 16.3. The van der Waals surface area contributed by atoms with Gasteiger partial charge in [0.15, 0.2) is 5.78 Å². The number of benzene rings is 1. The van der Waals surface area contributed by atoms with Crippen LogP contribution >= 0.6 is 0 Å². The van der Waals surface area contributed by atoms with Gasteiger partial charge in [0.1, 0.15) is 0 Å². The minimum absolute atomic E-state index is 0.0464. The summed E-state index contributed by atoms with van der Waals surface area (Å²) in [5, 5.41) is 9.80. The summed E-state index contributed by atoms with van der Waals surface area (Å²) in [5.41, 5.74) is 1.35. The van der Waals surface area contributed by atoms with Crippen molar-refractivity contribution in [2.24, 2.45) is 5.92 Å². The number of rotatable bonds is 5. The first-order valence-corrected chi connectivity index (χ1v) is 5.47. The number of carbonyl (C=O) groups excluding carboxylic acids is 1. The third kappa shape index (κ3) is 3.31. The van der Waals surface area contributed by atoms with Crippen molar-refractivity contribution in [3.63, 3.8) is 0 Å². The monoisotopic (exact) mass is 218 g/mol. The van der Waals surface area contributed by atoms with Crippen molar-refractivity contribution in [2.75, 3.05) is 0 Å². The SMILES string of the molecule is C=C(C(C)C)C(O)CC(=O)c1ccccc1. The Morgan fingerprint density at radius 1 is 1.31 bits per heavy atom. The third-order valence-electron chi connectivity index (χ3n) is 2.64. The topological polar surface area (TPSA) is 37.3 Å². The van der Waals surface area contributed by atoms with E-state index in [-0.39, 0.29) is 18.1 Å². The van der Waals surface area contributed by atoms with Gasteiger partial charge >= 0.3 is 0 Å². The molecular weight excluding hydrogens is 200 g/mol. The first-order chi connectivity index (χ1) is 7.52. The molecule has 0 amide bonds. The molecule has 0 heterocycles. The van der Waals surface area contributed by atoms with Gasteiger partial charge < -0.3 is 5.11 Å². The predicted octanol–water partition coefficient (Wildman–Crippen LogP) is 2.83. The standard InChI is InChI=1S/C14H18O2/c1-10(2)11(3)13(15)9-14(16)12-7-5-4-6-8-12/h4-8,10,13,15H,3,9H2,1-2H3. The molecule has 0 fully saturated rings. The van der Waals surface area contributed by atoms with Gasteiger partial charge in [-0.25, -0.2) is 0 Å². The summed E-state index contributed by atoms with van der Waals surface area (Å²) in [5.74, 6) is 0.147. The summed E-state index contributed by atoms with van der Waals surface area (Å²) in [6.07, 6.45) is -0.631. The Morgan fingerprint density at radius 2 is 1.88 bits per heavy atom. The second-order valence-corrected chi connectivity index (χ2v) is 4.24. The second-order valence-electron chi connectivity index (χ2n) is 4.24. The summed E-state index contributed by atoms with van der Waals surface area (Å²) < 4.78 is 0. The van der Waals surface area contributed by atoms with Gasteiger partial charge in [-0.15, -0.1) is 0 Å². The van der Waals surface area contributed by atoms with E-state index in [2.05, 4.69) is 6.58 Å². The van der Waals surface area contributed by atoms with Gasteiger partial charge in [0.05, 0.1) is 6.10 Å². The lowest BCUT2D eigenvalue weighted by Gasteiger charge is -2.16. The highest BCUT2D eigenvalue weighted by Crippen LogP contribution is 2.16. The molecule has 0 spiro atoms. The molecule has 2 heteroatoms. The van der Waals surface area contributed by atoms with Gasteiger partial charge in [-0.1, -0.05) is 50.8 Å². The van der Waals surface area contributed by atoms with Crippen LogP contribution in [-0.4, -0.2) is 17.0 Å². The zero-order chi connectivity index (χ0) is 12.1. The maximum atomic E-state index is 11.8. The van der Waals surface area contributed by atoms with E-state index < -0.39 is 6.10 Å². The van der Waals surface area contributed by atoms with Gasteiger partial charge in [0.2, 0.25) is 0 Å². The number of hydrogen-bond donors (Lipinski definition) is 1. The average Bonchev–Trinajstić information content (AvgIpc) is 2.28. The Kier molecular flexibility index (Phi) is 4.44. The molecule has 0 saturated heterocycles. The van der Waals surface area contributed by atoms with E-state index in [9.17, 15) is 9.90 Å². The molecule has 0 aromatic heterocycles. The molecule has 0 radical (unpaired) electrons. The molecule has 16 heavy (non-hydrogen) atoms. The van der Waals surface area contributed by atoms with Crippen LogP contribution in [-0.2, 0) is 0 Å². The van der Waals surface area contributed by atoms with Crippen molar-refractivity contribution in [1.82, 2.24) is 0 Å². The molecule has 1 atom stereocenters. The molecule has 1 unspecified atom stereocenters. The van der Waals surface area contributed by atoms with Gasteiger partial charge in [-0.3, -0.25) is 4.79 Å². The van der Waals surface area contributed by atoms with Crippen molar-refractivity contribution >= 4 is 5.78 Å². The summed E-state index contributed by atoms with van der Waals surface area (Å²) in [7, 11) is 0. The molecule has 0 bridgehead atoms. The number of ketones is 1. The number of carbonyl (C=O) groups is 1. The van der Waals surface area contributed by atoms with E-state index in [1.165, 1.54) is 0 Å². The van der Waals surface area contributed by atoms with Crippen LogP contribution in [0.4, 0.5) is 0 Å². The van der Waals surface area contributed by atoms with E-state index in [1.807, 2.05) is 32.0 Å². The first-order valence-electron chi connectivity index (χ1n) is 5.47. The summed E-state index contributed by atoms with van der Waals surface area (Å²) in [6, 6.07) is 9.01. The Labute approximate surface area is 96.6 Å². The fourth-order valence-corrected chi connectivity index (χ4v) is 1.43. The van der Waals surface area contributed by atoms with Crippen LogP contribution in [0.15, 0.2) is 42.5 Å². The van der Waals surface area contributed by atoms with Crippen LogP contribution in [0.2, 0.25) is 0 Å². The Hall–Kier alpha value is -1.41. The molecule has 0 aliphatic rings. The molecular formula is C14H18O2. The Balaban J connectivity index is 2.62. The van der Waals surface area contributed by atoms with E-state index >= 15 is 0 Å². The molecule has 0 aliphatic heterocycles. The minimum atomic E-state index is -0.743. The van der Waals surface area contributed by atoms with Gasteiger partial charge in [-0.05, 0) is 11.5 Å². The van der Waals surface area contributed by atoms with Crippen LogP contribution in [0.1, 0.15) is 30.6 Å². The second kappa shape index (κ2) is 5.61. The molecule has 1 N–H and O–H groups in total. The molecule has 1 rings (SSSR count). The Morgan fingerprint density at radius 3 is 2.38 bits per heavy atom. The normalized spacial score (nSPS) is 12.5. The maximum absolute atomic E-state index is 11.8. The number of aliphatic hydroxyl groups excluding tert-OH is 1. The molecule has 1 aromatic carbocycles. The van der Waals surface area contributed by atoms with Crippen LogP contribution in [0.25, 0.3) is 0 Å². The van der Waals surface area contributed by atoms with Crippen LogP contribution in [0.5, 0.6) is 0 Å². The highest BCUT2D eigenvalue weighted by molar-refractivity contribution is 5.96. The Bertz CT molecular complexity index is 366. The zero-order valence-corrected chi connectivity index (χ0v) is 9.81. The van der Waals surface area contributed by atoms with Crippen LogP contribution in [0.3, 0.4) is 0 Å². The summed E-state index contributed by atoms with van der Waals surface area (Å²) in [4.78, 5) is 11.8. The lowest BCUT2D eigenvalue weighted by atomic mass is 9.94. The average molecular weight is 218 g/mol. The van der Waals surface area contributed by atoms with Crippen LogP contribution < -0.4 is 0 Å². The highest BCUT2D eigenvalue weighted by Gasteiger charge is 2.16. The number of aliphatic hydroxyl groups is 1. The lowest BCUT2D eigenvalue weighted by molar-refractivity contribution is 0.0908. The molecule has 1 aromatic rings. The third-order valence-corrected chi connectivity index (χ3v) is 2.64. The fourth-order valence-electron chi connectivity index (χ4n) is 1.43. The van der Waals surface area contributed by atoms with Crippen molar-refractivity contribution < 1.29 is 9.90 Å². The van der Waals surface area contributed by atoms with Gasteiger partial charge in [0, 0.05) is 12.0 Å². The predicted molar refractivity (Wildman–Crippen MR) is 65.4 cm³/mol. The summed E-state index contributed by atoms with van der Waals surface area (Å²) >= 11 is 0. The zero-order valence-electron chi connectivity index (χ0n) is 9.81. The van der Waals surface area contributed by atoms with E-state index in [0.29, 0.717) is 11.1 Å². The maximum Gasteiger partial charge on any atom is 0.165 e.